The van der Waals surface area contributed by atoms with Crippen LogP contribution < -0.4 is 16.0 Å². The molecule has 314 valence electrons. The third kappa shape index (κ3) is 41.0. The average molecular weight is 748 g/mol. The van der Waals surface area contributed by atoms with Crippen LogP contribution in [-0.4, -0.2) is 85.7 Å². The van der Waals surface area contributed by atoms with E-state index < -0.39 is 0 Å². The summed E-state index contributed by atoms with van der Waals surface area (Å²) in [4.78, 5) is 32.7. The highest BCUT2D eigenvalue weighted by Crippen LogP contribution is 2.28. The molecule has 0 aliphatic rings. The lowest BCUT2D eigenvalue weighted by molar-refractivity contribution is -0.125. The minimum Gasteiger partial charge on any atom is -0.396 e. The molecule has 0 spiro atoms. The molecule has 0 rings (SSSR count). The molecule has 0 aromatic rings. The smallest absolute Gasteiger partial charge is 0.222 e. The van der Waals surface area contributed by atoms with Crippen LogP contribution in [0.15, 0.2) is 0 Å². The van der Waals surface area contributed by atoms with Gasteiger partial charge in [-0.15, -0.1) is 0 Å². The number of aliphatic hydroxyl groups excluding tert-OH is 1. The van der Waals surface area contributed by atoms with Crippen molar-refractivity contribution in [2.45, 2.75) is 199 Å². The first kappa shape index (κ1) is 57.0. The third-order valence-electron chi connectivity index (χ3n) is 8.91. The van der Waals surface area contributed by atoms with Gasteiger partial charge < -0.3 is 35.3 Å². The quantitative estimate of drug-likeness (QED) is 0.0776. The van der Waals surface area contributed by atoms with Crippen molar-refractivity contribution in [2.75, 3.05) is 46.1 Å². The average Bonchev–Trinajstić information content (AvgIpc) is 3.04. The predicted octanol–water partition coefficient (Wildman–Crippen LogP) is 8.76. The van der Waals surface area contributed by atoms with Crippen LogP contribution in [-0.2, 0) is 28.6 Å². The van der Waals surface area contributed by atoms with Crippen molar-refractivity contribution >= 4 is 17.7 Å². The van der Waals surface area contributed by atoms with E-state index in [1.54, 1.807) is 0 Å². The molecule has 0 aliphatic carbocycles. The van der Waals surface area contributed by atoms with Crippen LogP contribution in [0.4, 0.5) is 0 Å². The Morgan fingerprint density at radius 1 is 0.538 bits per heavy atom. The van der Waals surface area contributed by atoms with Crippen LogP contribution in [0.3, 0.4) is 0 Å². The number of hydrogen-bond acceptors (Lipinski definition) is 7. The van der Waals surface area contributed by atoms with Crippen LogP contribution in [0.1, 0.15) is 182 Å². The molecule has 0 heterocycles. The summed E-state index contributed by atoms with van der Waals surface area (Å²) < 4.78 is 17.4. The Morgan fingerprint density at radius 3 is 1.37 bits per heavy atom. The molecule has 10 heteroatoms. The number of carbonyl (C=O) groups excluding carboxylic acids is 3. The summed E-state index contributed by atoms with van der Waals surface area (Å²) >= 11 is 0. The van der Waals surface area contributed by atoms with Crippen molar-refractivity contribution in [1.82, 2.24) is 16.0 Å². The zero-order valence-corrected chi connectivity index (χ0v) is 37.4. The van der Waals surface area contributed by atoms with Gasteiger partial charge in [-0.1, -0.05) is 81.6 Å². The van der Waals surface area contributed by atoms with E-state index in [-0.39, 0.29) is 47.6 Å². The number of rotatable bonds is 24. The van der Waals surface area contributed by atoms with E-state index in [0.29, 0.717) is 56.4 Å². The Labute approximate surface area is 322 Å². The lowest BCUT2D eigenvalue weighted by Crippen LogP contribution is -2.38. The number of amides is 3. The van der Waals surface area contributed by atoms with Gasteiger partial charge in [-0.2, -0.15) is 0 Å². The molecule has 0 aromatic carbocycles. The highest BCUT2D eigenvalue weighted by atomic mass is 16.6. The van der Waals surface area contributed by atoms with E-state index in [1.807, 2.05) is 55.4 Å². The summed E-state index contributed by atoms with van der Waals surface area (Å²) in [5.41, 5.74) is 0.164. The van der Waals surface area contributed by atoms with Gasteiger partial charge in [-0.05, 0) is 91.9 Å². The van der Waals surface area contributed by atoms with E-state index in [1.165, 1.54) is 25.7 Å². The molecule has 0 radical (unpaired) electrons. The van der Waals surface area contributed by atoms with Gasteiger partial charge in [0, 0.05) is 52.1 Å². The summed E-state index contributed by atoms with van der Waals surface area (Å²) in [7, 11) is 0. The zero-order valence-electron chi connectivity index (χ0n) is 37.4. The second-order valence-corrected chi connectivity index (χ2v) is 16.7. The Balaban J connectivity index is -0.000000326. The standard InChI is InChI=1S/C16H33NO2.C14H29NO4.C7H16.C5H11NO/c1-7-9-15(3,4)11-13-19-16(5,6)10-12-17-14(18)8-2;1-6-18-14(4,5)11-19-13(2,3)8-9-15-12(17)7-10-16;1-5-7(3,4)6-2;1-3-5(7)6-4-2/h7-13H2,1-6H3,(H,17,18);16H,6-11H2,1-5H3,(H,15,17);5-6H2,1-4H3;3-4H2,1-2H3,(H,6,7). The molecule has 0 atom stereocenters. The first-order valence-corrected chi connectivity index (χ1v) is 20.2. The van der Waals surface area contributed by atoms with Gasteiger partial charge >= 0.3 is 0 Å². The second-order valence-electron chi connectivity index (χ2n) is 16.7. The summed E-state index contributed by atoms with van der Waals surface area (Å²) in [6.45, 7) is 39.5. The molecule has 0 saturated carbocycles. The maximum Gasteiger partial charge on any atom is 0.222 e. The van der Waals surface area contributed by atoms with Crippen LogP contribution >= 0.6 is 0 Å². The number of carbonyl (C=O) groups is 3. The van der Waals surface area contributed by atoms with Crippen LogP contribution in [0.2, 0.25) is 0 Å². The Morgan fingerprint density at radius 2 is 1.00 bits per heavy atom. The lowest BCUT2D eigenvalue weighted by atomic mass is 9.85. The number of nitrogens with one attached hydrogen (secondary N) is 3. The van der Waals surface area contributed by atoms with E-state index in [4.69, 9.17) is 19.3 Å². The van der Waals surface area contributed by atoms with E-state index in [2.05, 4.69) is 78.3 Å². The molecule has 0 unspecified atom stereocenters. The molecule has 10 nitrogen and oxygen atoms in total. The van der Waals surface area contributed by atoms with Crippen molar-refractivity contribution < 1.29 is 33.7 Å². The molecular weight excluding hydrogens is 658 g/mol. The van der Waals surface area contributed by atoms with E-state index in [9.17, 15) is 14.4 Å². The lowest BCUT2D eigenvalue weighted by Gasteiger charge is -2.32. The van der Waals surface area contributed by atoms with Crippen molar-refractivity contribution in [3.05, 3.63) is 0 Å². The second kappa shape index (κ2) is 31.6. The fourth-order valence-electron chi connectivity index (χ4n) is 4.24. The van der Waals surface area contributed by atoms with Gasteiger partial charge in [-0.25, -0.2) is 0 Å². The summed E-state index contributed by atoms with van der Waals surface area (Å²) in [5.74, 6) is 0.107. The van der Waals surface area contributed by atoms with Crippen molar-refractivity contribution in [2.24, 2.45) is 10.8 Å². The fourth-order valence-corrected chi connectivity index (χ4v) is 4.24. The van der Waals surface area contributed by atoms with Gasteiger partial charge in [-0.3, -0.25) is 14.4 Å². The summed E-state index contributed by atoms with van der Waals surface area (Å²) in [5, 5.41) is 16.9. The van der Waals surface area contributed by atoms with Gasteiger partial charge in [0.25, 0.3) is 0 Å². The van der Waals surface area contributed by atoms with Gasteiger partial charge in [0.05, 0.1) is 30.0 Å². The largest absolute Gasteiger partial charge is 0.396 e. The monoisotopic (exact) mass is 748 g/mol. The van der Waals surface area contributed by atoms with Crippen molar-refractivity contribution in [1.29, 1.82) is 0 Å². The highest BCUT2D eigenvalue weighted by molar-refractivity contribution is 5.76. The minimum atomic E-state index is -0.319. The molecule has 0 saturated heterocycles. The van der Waals surface area contributed by atoms with Crippen LogP contribution in [0.5, 0.6) is 0 Å². The molecule has 52 heavy (non-hydrogen) atoms. The predicted molar refractivity (Wildman–Crippen MR) is 220 cm³/mol. The third-order valence-corrected chi connectivity index (χ3v) is 8.91. The molecule has 0 fully saturated rings. The number of ether oxygens (including phenoxy) is 3. The van der Waals surface area contributed by atoms with Crippen LogP contribution in [0, 0.1) is 10.8 Å². The molecule has 0 aromatic heterocycles. The Kier molecular flexibility index (Phi) is 34.6. The Hall–Kier alpha value is -1.75. The maximum absolute atomic E-state index is 11.2. The molecular formula is C42H89N3O7. The summed E-state index contributed by atoms with van der Waals surface area (Å²) in [6.07, 6.45) is 9.00. The van der Waals surface area contributed by atoms with E-state index >= 15 is 0 Å². The van der Waals surface area contributed by atoms with Crippen molar-refractivity contribution in [3.8, 4) is 0 Å². The normalized spacial score (nSPS) is 11.9. The van der Waals surface area contributed by atoms with Gasteiger partial charge in [0.15, 0.2) is 0 Å². The molecule has 0 bridgehead atoms. The fraction of sp³-hybridized carbons (Fsp3) is 0.929. The SMILES string of the molecule is CCC(C)(C)CC.CCCC(C)(C)CCOC(C)(C)CCNC(=O)CC.CCNC(=O)CC.CCOC(C)(C)COC(C)(C)CCNC(=O)CCO. The first-order chi connectivity index (χ1) is 23.9. The topological polar surface area (TPSA) is 135 Å². The van der Waals surface area contributed by atoms with Crippen LogP contribution in [0.25, 0.3) is 0 Å². The maximum atomic E-state index is 11.2. The Bertz CT molecular complexity index is 881. The van der Waals surface area contributed by atoms with E-state index in [0.717, 1.165) is 26.0 Å². The molecule has 0 aliphatic heterocycles. The summed E-state index contributed by atoms with van der Waals surface area (Å²) in [6, 6.07) is 0. The molecule has 3 amide bonds. The zero-order chi connectivity index (χ0) is 41.5. The number of aliphatic hydroxyl groups is 1. The minimum absolute atomic E-state index is 0.111. The van der Waals surface area contributed by atoms with Crippen molar-refractivity contribution in [3.63, 3.8) is 0 Å². The number of hydrogen-bond donors (Lipinski definition) is 4. The van der Waals surface area contributed by atoms with Gasteiger partial charge in [0.2, 0.25) is 17.7 Å². The molecule has 4 N–H and O–H groups in total. The highest BCUT2D eigenvalue weighted by Gasteiger charge is 2.25. The van der Waals surface area contributed by atoms with Gasteiger partial charge in [0.1, 0.15) is 0 Å². The first-order valence-electron chi connectivity index (χ1n) is 20.2.